The Morgan fingerprint density at radius 1 is 1.35 bits per heavy atom. The molecule has 0 rings (SSSR count). The third-order valence-electron chi connectivity index (χ3n) is 2.53. The summed E-state index contributed by atoms with van der Waals surface area (Å²) in [4.78, 5) is 22.0. The molecule has 9 heteroatoms. The minimum atomic E-state index is -3.94. The third kappa shape index (κ3) is 6.83. The van der Waals surface area contributed by atoms with Gasteiger partial charge in [0.1, 0.15) is 6.04 Å². The van der Waals surface area contributed by atoms with E-state index in [4.69, 9.17) is 5.11 Å². The van der Waals surface area contributed by atoms with E-state index in [0.29, 0.717) is 6.42 Å². The molecule has 0 spiro atoms. The first kappa shape index (κ1) is 18.8. The van der Waals surface area contributed by atoms with Crippen LogP contribution in [0.25, 0.3) is 0 Å². The first-order valence-electron chi connectivity index (χ1n) is 6.13. The molecule has 0 radical (unpaired) electrons. The van der Waals surface area contributed by atoms with Crippen molar-refractivity contribution in [1.29, 1.82) is 0 Å². The fourth-order valence-corrected chi connectivity index (χ4v) is 2.51. The van der Waals surface area contributed by atoms with Gasteiger partial charge >= 0.3 is 11.9 Å². The number of ether oxygens (including phenoxy) is 1. The molecule has 0 aromatic heterocycles. The molecule has 118 valence electrons. The number of nitrogens with zero attached hydrogens (tertiary/aromatic N) is 1. The summed E-state index contributed by atoms with van der Waals surface area (Å²) in [6.07, 6.45) is -0.0246. The number of hydrogen-bond acceptors (Lipinski definition) is 5. The predicted octanol–water partition coefficient (Wildman–Crippen LogP) is -0.185. The SMILES string of the molecule is COC(=O)C(CC(C)C)NS(=O)(=O)N(C)CCC(=O)O. The van der Waals surface area contributed by atoms with Gasteiger partial charge in [-0.05, 0) is 12.3 Å². The van der Waals surface area contributed by atoms with Crippen LogP contribution < -0.4 is 4.72 Å². The number of carbonyl (C=O) groups excluding carboxylic acids is 1. The number of hydrogen-bond donors (Lipinski definition) is 2. The van der Waals surface area contributed by atoms with Gasteiger partial charge in [-0.1, -0.05) is 13.8 Å². The van der Waals surface area contributed by atoms with Gasteiger partial charge < -0.3 is 9.84 Å². The fraction of sp³-hybridized carbons (Fsp3) is 0.818. The lowest BCUT2D eigenvalue weighted by atomic mass is 10.1. The first-order chi connectivity index (χ1) is 9.10. The van der Waals surface area contributed by atoms with Gasteiger partial charge in [-0.2, -0.15) is 17.4 Å². The summed E-state index contributed by atoms with van der Waals surface area (Å²) >= 11 is 0. The van der Waals surface area contributed by atoms with Crippen LogP contribution in [0.5, 0.6) is 0 Å². The Balaban J connectivity index is 4.82. The van der Waals surface area contributed by atoms with Crippen molar-refractivity contribution in [2.45, 2.75) is 32.7 Å². The highest BCUT2D eigenvalue weighted by molar-refractivity contribution is 7.87. The highest BCUT2D eigenvalue weighted by Gasteiger charge is 2.28. The second kappa shape index (κ2) is 8.18. The Morgan fingerprint density at radius 2 is 1.90 bits per heavy atom. The van der Waals surface area contributed by atoms with E-state index in [1.807, 2.05) is 13.8 Å². The van der Waals surface area contributed by atoms with E-state index in [1.165, 1.54) is 14.2 Å². The Kier molecular flexibility index (Phi) is 7.69. The largest absolute Gasteiger partial charge is 0.481 e. The molecular formula is C11H22N2O6S. The molecule has 0 aliphatic carbocycles. The number of carboxylic acids is 1. The van der Waals surface area contributed by atoms with Gasteiger partial charge in [0.25, 0.3) is 10.2 Å². The predicted molar refractivity (Wildman–Crippen MR) is 72.2 cm³/mol. The summed E-state index contributed by atoms with van der Waals surface area (Å²) in [6.45, 7) is 3.51. The molecule has 0 aromatic carbocycles. The molecular weight excluding hydrogens is 288 g/mol. The van der Waals surface area contributed by atoms with Crippen LogP contribution in [-0.2, 0) is 24.5 Å². The minimum absolute atomic E-state index is 0.0890. The number of carboxylic acid groups (broad SMARTS) is 1. The van der Waals surface area contributed by atoms with Gasteiger partial charge in [-0.25, -0.2) is 0 Å². The van der Waals surface area contributed by atoms with Crippen LogP contribution in [0.4, 0.5) is 0 Å². The van der Waals surface area contributed by atoms with E-state index >= 15 is 0 Å². The van der Waals surface area contributed by atoms with E-state index in [2.05, 4.69) is 9.46 Å². The van der Waals surface area contributed by atoms with E-state index in [1.54, 1.807) is 0 Å². The Labute approximate surface area is 119 Å². The molecule has 0 amide bonds. The summed E-state index contributed by atoms with van der Waals surface area (Å²) in [5.74, 6) is -1.68. The zero-order chi connectivity index (χ0) is 15.9. The minimum Gasteiger partial charge on any atom is -0.481 e. The maximum atomic E-state index is 12.0. The van der Waals surface area contributed by atoms with Crippen molar-refractivity contribution in [3.8, 4) is 0 Å². The number of aliphatic carboxylic acids is 1. The van der Waals surface area contributed by atoms with Crippen molar-refractivity contribution in [2.75, 3.05) is 20.7 Å². The van der Waals surface area contributed by atoms with Gasteiger partial charge in [0.05, 0.1) is 13.5 Å². The third-order valence-corrected chi connectivity index (χ3v) is 4.12. The highest BCUT2D eigenvalue weighted by Crippen LogP contribution is 2.09. The second-order valence-corrected chi connectivity index (χ2v) is 6.60. The van der Waals surface area contributed by atoms with E-state index in [9.17, 15) is 18.0 Å². The zero-order valence-corrected chi connectivity index (χ0v) is 12.9. The average molecular weight is 310 g/mol. The van der Waals surface area contributed by atoms with Gasteiger partial charge in [0.2, 0.25) is 0 Å². The van der Waals surface area contributed by atoms with E-state index < -0.39 is 28.2 Å². The molecule has 0 fully saturated rings. The van der Waals surface area contributed by atoms with Gasteiger partial charge in [-0.3, -0.25) is 9.59 Å². The number of rotatable bonds is 9. The zero-order valence-electron chi connectivity index (χ0n) is 12.1. The van der Waals surface area contributed by atoms with Crippen LogP contribution in [0, 0.1) is 5.92 Å². The molecule has 0 heterocycles. The number of methoxy groups -OCH3 is 1. The van der Waals surface area contributed by atoms with Crippen LogP contribution in [0.3, 0.4) is 0 Å². The fourth-order valence-electron chi connectivity index (χ4n) is 1.45. The topological polar surface area (TPSA) is 113 Å². The molecule has 20 heavy (non-hydrogen) atoms. The quantitative estimate of drug-likeness (QED) is 0.571. The maximum absolute atomic E-state index is 12.0. The number of nitrogens with one attached hydrogen (secondary N) is 1. The van der Waals surface area contributed by atoms with Crippen LogP contribution in [0.15, 0.2) is 0 Å². The molecule has 1 unspecified atom stereocenters. The molecule has 0 aliphatic heterocycles. The van der Waals surface area contributed by atoms with Crippen molar-refractivity contribution in [2.24, 2.45) is 5.92 Å². The summed E-state index contributed by atoms with van der Waals surface area (Å²) < 4.78 is 31.6. The van der Waals surface area contributed by atoms with Crippen molar-refractivity contribution >= 4 is 22.1 Å². The summed E-state index contributed by atoms with van der Waals surface area (Å²) in [7, 11) is -1.51. The number of esters is 1. The average Bonchev–Trinajstić information content (AvgIpc) is 2.32. The molecule has 0 bridgehead atoms. The first-order valence-corrected chi connectivity index (χ1v) is 7.57. The van der Waals surface area contributed by atoms with Crippen LogP contribution in [0.1, 0.15) is 26.7 Å². The lowest BCUT2D eigenvalue weighted by molar-refractivity contribution is -0.143. The van der Waals surface area contributed by atoms with Crippen LogP contribution in [-0.4, -0.2) is 56.5 Å². The summed E-state index contributed by atoms with van der Waals surface area (Å²) in [6, 6.07) is -0.989. The van der Waals surface area contributed by atoms with Crippen LogP contribution in [0.2, 0.25) is 0 Å². The lowest BCUT2D eigenvalue weighted by Crippen LogP contribution is -2.48. The summed E-state index contributed by atoms with van der Waals surface area (Å²) in [5, 5.41) is 8.54. The smallest absolute Gasteiger partial charge is 0.323 e. The Bertz CT molecular complexity index is 434. The molecule has 1 atom stereocenters. The standard InChI is InChI=1S/C11H22N2O6S/c1-8(2)7-9(11(16)19-4)12-20(17,18)13(3)6-5-10(14)15/h8-9,12H,5-7H2,1-4H3,(H,14,15). The summed E-state index contributed by atoms with van der Waals surface area (Å²) in [5.41, 5.74) is 0. The molecule has 0 saturated carbocycles. The molecule has 0 aromatic rings. The molecule has 0 saturated heterocycles. The highest BCUT2D eigenvalue weighted by atomic mass is 32.2. The normalized spacial score (nSPS) is 13.5. The molecule has 0 aliphatic rings. The van der Waals surface area contributed by atoms with Gasteiger partial charge in [0, 0.05) is 13.6 Å². The number of carbonyl (C=O) groups is 2. The Morgan fingerprint density at radius 3 is 2.30 bits per heavy atom. The van der Waals surface area contributed by atoms with Crippen molar-refractivity contribution in [3.05, 3.63) is 0 Å². The monoisotopic (exact) mass is 310 g/mol. The Hall–Kier alpha value is -1.19. The lowest BCUT2D eigenvalue weighted by Gasteiger charge is -2.22. The van der Waals surface area contributed by atoms with Gasteiger partial charge in [0.15, 0.2) is 0 Å². The van der Waals surface area contributed by atoms with Gasteiger partial charge in [-0.15, -0.1) is 0 Å². The van der Waals surface area contributed by atoms with Crippen molar-refractivity contribution in [1.82, 2.24) is 9.03 Å². The maximum Gasteiger partial charge on any atom is 0.323 e. The van der Waals surface area contributed by atoms with Crippen LogP contribution >= 0.6 is 0 Å². The molecule has 2 N–H and O–H groups in total. The van der Waals surface area contributed by atoms with E-state index in [0.717, 1.165) is 4.31 Å². The molecule has 8 nitrogen and oxygen atoms in total. The van der Waals surface area contributed by atoms with E-state index in [-0.39, 0.29) is 18.9 Å². The van der Waals surface area contributed by atoms with Crippen molar-refractivity contribution < 1.29 is 27.9 Å². The second-order valence-electron chi connectivity index (χ2n) is 4.79. The van der Waals surface area contributed by atoms with Crippen molar-refractivity contribution in [3.63, 3.8) is 0 Å².